The van der Waals surface area contributed by atoms with E-state index in [0.29, 0.717) is 18.0 Å². The number of nitrogens with zero attached hydrogens (tertiary/aromatic N) is 2. The first kappa shape index (κ1) is 30.4. The third kappa shape index (κ3) is 5.77. The molecule has 2 aromatic heterocycles. The van der Waals surface area contributed by atoms with Gasteiger partial charge in [-0.25, -0.2) is 9.78 Å². The molecule has 10 nitrogen and oxygen atoms in total. The number of rotatable bonds is 7. The number of fused-ring (bicyclic) bond motifs is 2. The molecule has 40 heavy (non-hydrogen) atoms. The topological polar surface area (TPSA) is 120 Å². The van der Waals surface area contributed by atoms with Gasteiger partial charge in [-0.15, -0.1) is 0 Å². The second-order valence-corrected chi connectivity index (χ2v) is 24.5. The fraction of sp³-hybridized carbons (Fsp3) is 0.731. The molecule has 0 radical (unpaired) electrons. The van der Waals surface area contributed by atoms with Gasteiger partial charge in [-0.3, -0.25) is 19.3 Å². The summed E-state index contributed by atoms with van der Waals surface area (Å²) in [5, 5.41) is -0.00249. The van der Waals surface area contributed by atoms with E-state index in [9.17, 15) is 9.59 Å². The van der Waals surface area contributed by atoms with Crippen molar-refractivity contribution >= 4 is 48.4 Å². The zero-order valence-corrected chi connectivity index (χ0v) is 27.8. The highest BCUT2D eigenvalue weighted by molar-refractivity contribution is 8.68. The molecular weight excluding hydrogens is 588 g/mol. The number of aromatic amines is 2. The van der Waals surface area contributed by atoms with Crippen LogP contribution in [0.3, 0.4) is 0 Å². The summed E-state index contributed by atoms with van der Waals surface area (Å²) in [4.78, 5) is 33.4. The average molecular weight is 629 g/mol. The summed E-state index contributed by atoms with van der Waals surface area (Å²) in [5.41, 5.74) is -2.08. The Bertz CT molecular complexity index is 1470. The van der Waals surface area contributed by atoms with Crippen LogP contribution < -0.4 is 11.2 Å². The molecule has 5 rings (SSSR count). The predicted octanol–water partition coefficient (Wildman–Crippen LogP) is 5.60. The van der Waals surface area contributed by atoms with Crippen molar-refractivity contribution in [2.24, 2.45) is 5.92 Å². The van der Waals surface area contributed by atoms with Crippen LogP contribution in [0.15, 0.2) is 28.1 Å². The summed E-state index contributed by atoms with van der Waals surface area (Å²) < 4.78 is 28.0. The van der Waals surface area contributed by atoms with Crippen molar-refractivity contribution < 1.29 is 18.2 Å². The van der Waals surface area contributed by atoms with Crippen molar-refractivity contribution in [3.63, 3.8) is 0 Å². The predicted molar refractivity (Wildman–Crippen MR) is 165 cm³/mol. The quantitative estimate of drug-likeness (QED) is 0.229. The summed E-state index contributed by atoms with van der Waals surface area (Å²) in [7, 11) is -2.17. The van der Waals surface area contributed by atoms with Crippen molar-refractivity contribution in [1.29, 1.82) is 0 Å². The van der Waals surface area contributed by atoms with Gasteiger partial charge in [0.1, 0.15) is 18.0 Å². The molecule has 0 amide bonds. The maximum absolute atomic E-state index is 12.3. The second-order valence-electron chi connectivity index (χ2n) is 13.1. The SMILES string of the molecule is C=C(C)[C@@H]1CC[C@]2(C)S[P@@](=S)(OC[C@H]3O[C@@H](n4cnc5c(=O)[nH]c(=O)[nH]c54)CC3O[Si](C)(C)C(C)(C)C)O[C@H]2C1. The number of ether oxygens (including phenoxy) is 1. The Hall–Kier alpha value is -1.05. The van der Waals surface area contributed by atoms with Crippen molar-refractivity contribution in [2.45, 2.75) is 108 Å². The lowest BCUT2D eigenvalue weighted by Crippen LogP contribution is -2.46. The van der Waals surface area contributed by atoms with E-state index in [1.807, 2.05) is 0 Å². The van der Waals surface area contributed by atoms with Crippen molar-refractivity contribution in [3.8, 4) is 0 Å². The molecule has 0 bridgehead atoms. The van der Waals surface area contributed by atoms with E-state index in [1.54, 1.807) is 15.9 Å². The highest BCUT2D eigenvalue weighted by atomic mass is 32.9. The van der Waals surface area contributed by atoms with Crippen LogP contribution in [0.5, 0.6) is 0 Å². The largest absolute Gasteiger partial charge is 0.411 e. The molecule has 14 heteroatoms. The normalized spacial score (nSPS) is 34.8. The van der Waals surface area contributed by atoms with Gasteiger partial charge in [-0.05, 0) is 69.0 Å². The highest BCUT2D eigenvalue weighted by Crippen LogP contribution is 2.75. The fourth-order valence-corrected chi connectivity index (χ4v) is 14.0. The minimum Gasteiger partial charge on any atom is -0.411 e. The van der Waals surface area contributed by atoms with Crippen LogP contribution in [0.1, 0.15) is 66.5 Å². The molecule has 4 heterocycles. The van der Waals surface area contributed by atoms with Crippen molar-refractivity contribution in [3.05, 3.63) is 39.3 Å². The lowest BCUT2D eigenvalue weighted by Gasteiger charge is -2.39. The zero-order valence-electron chi connectivity index (χ0n) is 24.3. The standard InChI is InChI=1S/C26H41N4O6PS2Si/c1-15(2)16-9-10-26(6)19(11-16)35-37(38,39-26)33-13-18-17(36-40(7,8)25(3,4)5)12-20(34-18)30-14-27-21-22(30)28-24(32)29-23(21)31/h14,16-20H,1,9-13H2,2-8H3,(H2,28,29,31,32)/t16-,17?,18-,19+,20-,26+,37+/m1/s1. The van der Waals surface area contributed by atoms with Gasteiger partial charge in [-0.1, -0.05) is 44.3 Å². The molecular formula is C26H41N4O6PS2Si. The summed E-state index contributed by atoms with van der Waals surface area (Å²) in [6, 6.07) is 0. The van der Waals surface area contributed by atoms with Crippen LogP contribution in [-0.4, -0.2) is 57.5 Å². The Morgan fingerprint density at radius 2 is 2.08 bits per heavy atom. The summed E-state index contributed by atoms with van der Waals surface area (Å²) in [6.45, 7) is 19.8. The number of allylic oxidation sites excluding steroid dienone is 1. The summed E-state index contributed by atoms with van der Waals surface area (Å²) >= 11 is 7.72. The molecule has 2 aliphatic heterocycles. The van der Waals surface area contributed by atoms with Crippen LogP contribution in [-0.2, 0) is 30.0 Å². The van der Waals surface area contributed by atoms with E-state index in [-0.39, 0.29) is 34.1 Å². The van der Waals surface area contributed by atoms with Crippen LogP contribution in [0.2, 0.25) is 18.1 Å². The van der Waals surface area contributed by atoms with Crippen molar-refractivity contribution in [2.75, 3.05) is 6.61 Å². The van der Waals surface area contributed by atoms with Gasteiger partial charge in [0.2, 0.25) is 5.69 Å². The Labute approximate surface area is 245 Å². The Kier molecular flexibility index (Phi) is 8.05. The number of aromatic nitrogens is 4. The van der Waals surface area contributed by atoms with E-state index in [4.69, 9.17) is 30.0 Å². The van der Waals surface area contributed by atoms with Crippen LogP contribution in [0, 0.1) is 5.92 Å². The summed E-state index contributed by atoms with van der Waals surface area (Å²) in [6.07, 6.45) is 3.93. The van der Waals surface area contributed by atoms with E-state index in [1.165, 1.54) is 11.9 Å². The molecule has 0 spiro atoms. The van der Waals surface area contributed by atoms with Gasteiger partial charge in [0.25, 0.3) is 5.56 Å². The summed E-state index contributed by atoms with van der Waals surface area (Å²) in [5.74, 6) is 0.449. The zero-order chi connectivity index (χ0) is 29.3. The van der Waals surface area contributed by atoms with Gasteiger partial charge in [0.05, 0.1) is 25.1 Å². The van der Waals surface area contributed by atoms with Crippen LogP contribution in [0.4, 0.5) is 0 Å². The van der Waals surface area contributed by atoms with Gasteiger partial charge in [-0.2, -0.15) is 0 Å². The minimum absolute atomic E-state index is 0.00249. The molecule has 2 N–H and O–H groups in total. The lowest BCUT2D eigenvalue weighted by molar-refractivity contribution is -0.0367. The van der Waals surface area contributed by atoms with Gasteiger partial charge in [0, 0.05) is 11.2 Å². The molecule has 2 aromatic rings. The van der Waals surface area contributed by atoms with E-state index in [2.05, 4.69) is 69.2 Å². The fourth-order valence-electron chi connectivity index (χ4n) is 5.48. The molecule has 3 aliphatic rings. The second kappa shape index (κ2) is 10.6. The first-order valence-electron chi connectivity index (χ1n) is 13.8. The van der Waals surface area contributed by atoms with Crippen LogP contribution in [0.25, 0.3) is 11.2 Å². The number of nitrogens with one attached hydrogen (secondary N) is 2. The van der Waals surface area contributed by atoms with Crippen LogP contribution >= 0.6 is 17.1 Å². The van der Waals surface area contributed by atoms with E-state index >= 15 is 0 Å². The molecule has 3 fully saturated rings. The Morgan fingerprint density at radius 1 is 1.35 bits per heavy atom. The lowest BCUT2D eigenvalue weighted by atomic mass is 9.77. The molecule has 1 aliphatic carbocycles. The first-order chi connectivity index (χ1) is 18.5. The van der Waals surface area contributed by atoms with Gasteiger partial charge >= 0.3 is 5.69 Å². The first-order valence-corrected chi connectivity index (χ1v) is 20.8. The van der Waals surface area contributed by atoms with Gasteiger partial charge in [0.15, 0.2) is 13.8 Å². The average Bonchev–Trinajstić information content (AvgIpc) is 3.49. The Morgan fingerprint density at radius 3 is 2.75 bits per heavy atom. The maximum atomic E-state index is 12.3. The van der Waals surface area contributed by atoms with Gasteiger partial charge < -0.3 is 18.2 Å². The molecule has 1 saturated carbocycles. The molecule has 7 atom stereocenters. The number of hydrogen-bond donors (Lipinski definition) is 2. The third-order valence-corrected chi connectivity index (χ3v) is 19.4. The number of hydrogen-bond acceptors (Lipinski definition) is 9. The monoisotopic (exact) mass is 628 g/mol. The number of H-pyrrole nitrogens is 2. The number of imidazole rings is 1. The Balaban J connectivity index is 1.37. The highest BCUT2D eigenvalue weighted by Gasteiger charge is 2.54. The van der Waals surface area contributed by atoms with E-state index in [0.717, 1.165) is 19.3 Å². The minimum atomic E-state index is -2.61. The molecule has 2 saturated heterocycles. The smallest absolute Gasteiger partial charge is 0.327 e. The maximum Gasteiger partial charge on any atom is 0.327 e. The molecule has 1 unspecified atom stereocenters. The van der Waals surface area contributed by atoms with Crippen molar-refractivity contribution in [1.82, 2.24) is 19.5 Å². The third-order valence-electron chi connectivity index (χ3n) is 9.05. The van der Waals surface area contributed by atoms with E-state index < -0.39 is 37.6 Å². The molecule has 222 valence electrons. The molecule has 0 aromatic carbocycles.